The van der Waals surface area contributed by atoms with Crippen molar-refractivity contribution in [3.8, 4) is 5.69 Å². The van der Waals surface area contributed by atoms with Gasteiger partial charge in [0.15, 0.2) is 11.0 Å². The van der Waals surface area contributed by atoms with E-state index in [4.69, 9.17) is 11.6 Å². The first kappa shape index (κ1) is 26.4. The lowest BCUT2D eigenvalue weighted by atomic mass is 10.1. The first-order valence-electron chi connectivity index (χ1n) is 12.0. The number of fused-ring (bicyclic) bond motifs is 1. The lowest BCUT2D eigenvalue weighted by Gasteiger charge is -2.18. The zero-order chi connectivity index (χ0) is 26.9. The molecule has 0 aliphatic carbocycles. The van der Waals surface area contributed by atoms with E-state index in [1.54, 1.807) is 31.3 Å². The van der Waals surface area contributed by atoms with Crippen LogP contribution in [0.25, 0.3) is 16.6 Å². The summed E-state index contributed by atoms with van der Waals surface area (Å²) in [6.45, 7) is 5.81. The molecule has 2 heterocycles. The molecule has 1 atom stereocenters. The van der Waals surface area contributed by atoms with E-state index in [0.29, 0.717) is 27.3 Å². The molecule has 0 saturated heterocycles. The normalized spacial score (nSPS) is 12.6. The first-order valence-corrected chi connectivity index (χ1v) is 14.8. The van der Waals surface area contributed by atoms with Crippen LogP contribution >= 0.6 is 23.4 Å². The minimum absolute atomic E-state index is 0.113. The van der Waals surface area contributed by atoms with Gasteiger partial charge in [-0.1, -0.05) is 71.9 Å². The third-order valence-corrected chi connectivity index (χ3v) is 9.08. The van der Waals surface area contributed by atoms with E-state index < -0.39 is 16.1 Å². The molecule has 5 aromatic rings. The Labute approximate surface area is 231 Å². The molecule has 0 saturated carbocycles. The minimum atomic E-state index is -3.93. The maximum absolute atomic E-state index is 13.5. The van der Waals surface area contributed by atoms with Crippen LogP contribution in [0.4, 0.5) is 0 Å². The predicted molar refractivity (Wildman–Crippen MR) is 152 cm³/mol. The Morgan fingerprint density at radius 2 is 1.76 bits per heavy atom. The Morgan fingerprint density at radius 1 is 0.974 bits per heavy atom. The highest BCUT2D eigenvalue weighted by molar-refractivity contribution is 7.98. The summed E-state index contributed by atoms with van der Waals surface area (Å²) >= 11 is 7.91. The molecule has 0 amide bonds. The van der Waals surface area contributed by atoms with Crippen LogP contribution in [0, 0.1) is 13.8 Å². The van der Waals surface area contributed by atoms with E-state index in [0.717, 1.165) is 16.6 Å². The van der Waals surface area contributed by atoms with Gasteiger partial charge in [0.1, 0.15) is 4.90 Å². The van der Waals surface area contributed by atoms with Gasteiger partial charge in [0, 0.05) is 22.4 Å². The van der Waals surface area contributed by atoms with Crippen LogP contribution in [0.5, 0.6) is 0 Å². The predicted octanol–water partition coefficient (Wildman–Crippen LogP) is 6.42. The smallest absolute Gasteiger partial charge is 0.243 e. The molecule has 5 rings (SSSR count). The van der Waals surface area contributed by atoms with Crippen molar-refractivity contribution >= 4 is 44.3 Å². The van der Waals surface area contributed by atoms with Crippen molar-refractivity contribution in [2.75, 3.05) is 0 Å². The SMILES string of the molecule is Cc1ccccc1CSc1nnc(C(C)NS(=O)(=O)c2cccc3cccnc23)n1-c1cc(Cl)ccc1C. The summed E-state index contributed by atoms with van der Waals surface area (Å²) in [5.41, 5.74) is 4.55. The second-order valence-corrected chi connectivity index (χ2v) is 12.1. The fourth-order valence-electron chi connectivity index (χ4n) is 4.26. The molecule has 1 N–H and O–H groups in total. The van der Waals surface area contributed by atoms with Crippen LogP contribution in [0.15, 0.2) is 89.0 Å². The Bertz CT molecular complexity index is 1730. The maximum atomic E-state index is 13.5. The molecule has 0 spiro atoms. The highest BCUT2D eigenvalue weighted by atomic mass is 35.5. The molecular weight excluding hydrogens is 538 g/mol. The fraction of sp³-hybridized carbons (Fsp3) is 0.179. The second kappa shape index (κ2) is 10.9. The summed E-state index contributed by atoms with van der Waals surface area (Å²) in [4.78, 5) is 4.42. The zero-order valence-corrected chi connectivity index (χ0v) is 23.5. The molecule has 10 heteroatoms. The number of benzene rings is 3. The molecule has 0 aliphatic rings. The van der Waals surface area contributed by atoms with Crippen LogP contribution in [0.1, 0.15) is 35.5 Å². The number of nitrogens with one attached hydrogen (secondary N) is 1. The van der Waals surface area contributed by atoms with Crippen molar-refractivity contribution in [1.82, 2.24) is 24.5 Å². The number of thioether (sulfide) groups is 1. The van der Waals surface area contributed by atoms with Crippen molar-refractivity contribution in [3.63, 3.8) is 0 Å². The van der Waals surface area contributed by atoms with E-state index in [9.17, 15) is 8.42 Å². The van der Waals surface area contributed by atoms with E-state index in [1.165, 1.54) is 22.9 Å². The fourth-order valence-corrected chi connectivity index (χ4v) is 6.84. The summed E-state index contributed by atoms with van der Waals surface area (Å²) in [7, 11) is -3.93. The molecular formula is C28H26ClN5O2S2. The molecule has 7 nitrogen and oxygen atoms in total. The standard InChI is InChI=1S/C28H26ClN5O2S2/c1-18-8-4-5-9-22(18)17-37-28-32-31-27(34(28)24-16-23(29)14-13-19(24)2)20(3)33-38(35,36)25-12-6-10-21-11-7-15-30-26(21)25/h4-16,20,33H,17H2,1-3H3. The highest BCUT2D eigenvalue weighted by Crippen LogP contribution is 2.32. The number of hydrogen-bond acceptors (Lipinski definition) is 6. The zero-order valence-electron chi connectivity index (χ0n) is 21.1. The lowest BCUT2D eigenvalue weighted by molar-refractivity contribution is 0.556. The van der Waals surface area contributed by atoms with Gasteiger partial charge in [-0.2, -0.15) is 0 Å². The lowest BCUT2D eigenvalue weighted by Crippen LogP contribution is -2.29. The second-order valence-electron chi connectivity index (χ2n) is 9.00. The van der Waals surface area contributed by atoms with E-state index in [2.05, 4.69) is 39.0 Å². The van der Waals surface area contributed by atoms with E-state index in [-0.39, 0.29) is 4.90 Å². The number of nitrogens with zero attached hydrogens (tertiary/aromatic N) is 4. The van der Waals surface area contributed by atoms with Crippen LogP contribution in [-0.2, 0) is 15.8 Å². The van der Waals surface area contributed by atoms with Crippen molar-refractivity contribution in [3.05, 3.63) is 107 Å². The number of rotatable bonds is 8. The monoisotopic (exact) mass is 563 g/mol. The maximum Gasteiger partial charge on any atom is 0.243 e. The molecule has 0 radical (unpaired) electrons. The van der Waals surface area contributed by atoms with Gasteiger partial charge in [0.25, 0.3) is 0 Å². The summed E-state index contributed by atoms with van der Waals surface area (Å²) in [6.07, 6.45) is 1.58. The molecule has 38 heavy (non-hydrogen) atoms. The van der Waals surface area contributed by atoms with Gasteiger partial charge in [-0.3, -0.25) is 9.55 Å². The van der Waals surface area contributed by atoms with Gasteiger partial charge in [-0.25, -0.2) is 13.1 Å². The van der Waals surface area contributed by atoms with Crippen molar-refractivity contribution < 1.29 is 8.42 Å². The molecule has 0 aliphatic heterocycles. The number of aryl methyl sites for hydroxylation is 2. The van der Waals surface area contributed by atoms with E-state index >= 15 is 0 Å². The summed E-state index contributed by atoms with van der Waals surface area (Å²) in [5.74, 6) is 1.14. The minimum Gasteiger partial charge on any atom is -0.272 e. The largest absolute Gasteiger partial charge is 0.272 e. The quantitative estimate of drug-likeness (QED) is 0.219. The van der Waals surface area contributed by atoms with E-state index in [1.807, 2.05) is 54.0 Å². The van der Waals surface area contributed by atoms with Gasteiger partial charge in [0.05, 0.1) is 17.2 Å². The Balaban J connectivity index is 1.53. The Hall–Kier alpha value is -3.24. The molecule has 3 aromatic carbocycles. The average Bonchev–Trinajstić information content (AvgIpc) is 3.33. The Morgan fingerprint density at radius 3 is 2.58 bits per heavy atom. The number of sulfonamides is 1. The van der Waals surface area contributed by atoms with Gasteiger partial charge >= 0.3 is 0 Å². The number of halogens is 1. The summed E-state index contributed by atoms with van der Waals surface area (Å²) < 4.78 is 31.7. The van der Waals surface area contributed by atoms with Gasteiger partial charge in [0.2, 0.25) is 10.0 Å². The number of hydrogen-bond donors (Lipinski definition) is 1. The third-order valence-electron chi connectivity index (χ3n) is 6.29. The van der Waals surface area contributed by atoms with Gasteiger partial charge in [-0.05, 0) is 61.7 Å². The number of pyridine rings is 1. The summed E-state index contributed by atoms with van der Waals surface area (Å²) in [5, 5.41) is 10.9. The molecule has 2 aromatic heterocycles. The van der Waals surface area contributed by atoms with Crippen LogP contribution in [0.2, 0.25) is 5.02 Å². The molecule has 194 valence electrons. The topological polar surface area (TPSA) is 89.8 Å². The van der Waals surface area contributed by atoms with Crippen molar-refractivity contribution in [2.24, 2.45) is 0 Å². The molecule has 0 fully saturated rings. The third kappa shape index (κ3) is 5.33. The van der Waals surface area contributed by atoms with Crippen LogP contribution in [0.3, 0.4) is 0 Å². The highest BCUT2D eigenvalue weighted by Gasteiger charge is 2.27. The molecule has 0 bridgehead atoms. The summed E-state index contributed by atoms with van der Waals surface area (Å²) in [6, 6.07) is 21.8. The number of para-hydroxylation sites is 1. The van der Waals surface area contributed by atoms with Crippen LogP contribution < -0.4 is 4.72 Å². The van der Waals surface area contributed by atoms with Gasteiger partial charge < -0.3 is 0 Å². The first-order chi connectivity index (χ1) is 18.2. The average molecular weight is 564 g/mol. The van der Waals surface area contributed by atoms with Crippen molar-refractivity contribution in [1.29, 1.82) is 0 Å². The van der Waals surface area contributed by atoms with Crippen LogP contribution in [-0.4, -0.2) is 28.2 Å². The Kier molecular flexibility index (Phi) is 7.54. The number of aromatic nitrogens is 4. The molecule has 1 unspecified atom stereocenters. The van der Waals surface area contributed by atoms with Gasteiger partial charge in [-0.15, -0.1) is 10.2 Å². The van der Waals surface area contributed by atoms with Crippen molar-refractivity contribution in [2.45, 2.75) is 42.6 Å².